The number of nitrogens with zero attached hydrogens (tertiary/aromatic N) is 3. The lowest BCUT2D eigenvalue weighted by atomic mass is 9.83. The van der Waals surface area contributed by atoms with Gasteiger partial charge < -0.3 is 5.11 Å². The monoisotopic (exact) mass is 257 g/mol. The van der Waals surface area contributed by atoms with Crippen molar-refractivity contribution in [2.45, 2.75) is 44.8 Å². The lowest BCUT2D eigenvalue weighted by Crippen LogP contribution is -2.15. The van der Waals surface area contributed by atoms with Gasteiger partial charge >= 0.3 is 0 Å². The average molecular weight is 257 g/mol. The van der Waals surface area contributed by atoms with Gasteiger partial charge in [-0.25, -0.2) is 0 Å². The van der Waals surface area contributed by atoms with Crippen LogP contribution >= 0.6 is 0 Å². The van der Waals surface area contributed by atoms with E-state index in [1.807, 2.05) is 10.9 Å². The zero-order chi connectivity index (χ0) is 13.2. The number of benzene rings is 1. The highest BCUT2D eigenvalue weighted by Crippen LogP contribution is 2.32. The lowest BCUT2D eigenvalue weighted by molar-refractivity contribution is 0.194. The summed E-state index contributed by atoms with van der Waals surface area (Å²) in [7, 11) is 0. The highest BCUT2D eigenvalue weighted by molar-refractivity contribution is 5.32. The molecule has 0 bridgehead atoms. The number of aliphatic hydroxyl groups excluding tert-OH is 1. The first kappa shape index (κ1) is 12.4. The number of fused-ring (bicyclic) bond motifs is 1. The quantitative estimate of drug-likeness (QED) is 0.919. The smallest absolute Gasteiger partial charge is 0.111 e. The highest BCUT2D eigenvalue weighted by atomic mass is 16.3. The van der Waals surface area contributed by atoms with Crippen LogP contribution in [-0.4, -0.2) is 20.1 Å². The van der Waals surface area contributed by atoms with Crippen molar-refractivity contribution in [3.63, 3.8) is 0 Å². The fraction of sp³-hybridized carbons (Fsp3) is 0.467. The first-order chi connectivity index (χ1) is 9.24. The van der Waals surface area contributed by atoms with Crippen LogP contribution in [0.2, 0.25) is 0 Å². The van der Waals surface area contributed by atoms with Crippen molar-refractivity contribution in [2.24, 2.45) is 0 Å². The molecule has 0 saturated heterocycles. The second-order valence-corrected chi connectivity index (χ2v) is 5.33. The van der Waals surface area contributed by atoms with Crippen molar-refractivity contribution in [3.8, 4) is 0 Å². The number of aliphatic hydroxyl groups is 1. The fourth-order valence-electron chi connectivity index (χ4n) is 2.86. The molecular formula is C15H19N3O. The molecular weight excluding hydrogens is 238 g/mol. The van der Waals surface area contributed by atoms with Gasteiger partial charge in [0.2, 0.25) is 0 Å². The number of hydrogen-bond acceptors (Lipinski definition) is 3. The summed E-state index contributed by atoms with van der Waals surface area (Å²) >= 11 is 0. The zero-order valence-corrected chi connectivity index (χ0v) is 11.2. The summed E-state index contributed by atoms with van der Waals surface area (Å²) in [4.78, 5) is 0. The third-order valence-corrected chi connectivity index (χ3v) is 3.89. The Balaban J connectivity index is 1.80. The van der Waals surface area contributed by atoms with Crippen LogP contribution in [0, 0.1) is 0 Å². The molecule has 1 N–H and O–H groups in total. The van der Waals surface area contributed by atoms with E-state index >= 15 is 0 Å². The summed E-state index contributed by atoms with van der Waals surface area (Å²) in [5, 5.41) is 17.6. The Morgan fingerprint density at radius 2 is 2.26 bits per heavy atom. The van der Waals surface area contributed by atoms with Crippen molar-refractivity contribution in [1.82, 2.24) is 15.0 Å². The van der Waals surface area contributed by atoms with Gasteiger partial charge in [0.05, 0.1) is 12.3 Å². The summed E-state index contributed by atoms with van der Waals surface area (Å²) in [5.41, 5.74) is 3.56. The molecule has 2 atom stereocenters. The molecule has 1 aliphatic rings. The molecule has 2 aromatic rings. The summed E-state index contributed by atoms with van der Waals surface area (Å²) in [6.45, 7) is 2.56. The summed E-state index contributed by atoms with van der Waals surface area (Å²) < 4.78 is 1.86. The maximum Gasteiger partial charge on any atom is 0.111 e. The lowest BCUT2D eigenvalue weighted by Gasteiger charge is -2.25. The molecule has 0 fully saturated rings. The van der Waals surface area contributed by atoms with E-state index in [4.69, 9.17) is 0 Å². The maximum atomic E-state index is 9.48. The van der Waals surface area contributed by atoms with Crippen LogP contribution in [0.25, 0.3) is 0 Å². The van der Waals surface area contributed by atoms with Crippen molar-refractivity contribution in [3.05, 3.63) is 47.3 Å². The average Bonchev–Trinajstić information content (AvgIpc) is 2.88. The standard InChI is InChI=1S/C15H19N3O/c1-11(19)15-10-18(17-16-15)9-13-7-4-6-12-5-2-3-8-14(12)13/h2-3,5,8,10-11,13,19H,4,6-7,9H2,1H3. The number of hydrogen-bond donors (Lipinski definition) is 1. The molecule has 4 nitrogen and oxygen atoms in total. The summed E-state index contributed by atoms with van der Waals surface area (Å²) in [6, 6.07) is 8.68. The summed E-state index contributed by atoms with van der Waals surface area (Å²) in [6.07, 6.45) is 4.91. The molecule has 4 heteroatoms. The van der Waals surface area contributed by atoms with Gasteiger partial charge in [-0.3, -0.25) is 4.68 Å². The Morgan fingerprint density at radius 1 is 1.42 bits per heavy atom. The molecule has 0 radical (unpaired) electrons. The Labute approximate surface area is 113 Å². The zero-order valence-electron chi connectivity index (χ0n) is 11.2. The minimum absolute atomic E-state index is 0.508. The van der Waals surface area contributed by atoms with E-state index in [-0.39, 0.29) is 0 Å². The van der Waals surface area contributed by atoms with E-state index in [1.54, 1.807) is 6.92 Å². The third-order valence-electron chi connectivity index (χ3n) is 3.89. The molecule has 19 heavy (non-hydrogen) atoms. The van der Waals surface area contributed by atoms with E-state index in [1.165, 1.54) is 30.4 Å². The SMILES string of the molecule is CC(O)c1cn(CC2CCCc3ccccc32)nn1. The van der Waals surface area contributed by atoms with Gasteiger partial charge in [-0.1, -0.05) is 29.5 Å². The molecule has 1 aromatic heterocycles. The number of aromatic nitrogens is 3. The molecule has 0 saturated carbocycles. The van der Waals surface area contributed by atoms with Gasteiger partial charge in [0.25, 0.3) is 0 Å². The van der Waals surface area contributed by atoms with Gasteiger partial charge in [0.15, 0.2) is 0 Å². The molecule has 2 unspecified atom stereocenters. The number of rotatable bonds is 3. The molecule has 0 amide bonds. The minimum atomic E-state index is -0.549. The van der Waals surface area contributed by atoms with E-state index in [9.17, 15) is 5.11 Å². The Bertz CT molecular complexity index is 562. The van der Waals surface area contributed by atoms with Crippen molar-refractivity contribution >= 4 is 0 Å². The molecule has 1 aliphatic carbocycles. The minimum Gasteiger partial charge on any atom is -0.387 e. The molecule has 1 aromatic carbocycles. The van der Waals surface area contributed by atoms with Gasteiger partial charge in [-0.2, -0.15) is 0 Å². The Morgan fingerprint density at radius 3 is 3.05 bits per heavy atom. The van der Waals surface area contributed by atoms with Crippen LogP contribution in [0.3, 0.4) is 0 Å². The van der Waals surface area contributed by atoms with Gasteiger partial charge in [0, 0.05) is 12.5 Å². The molecule has 3 rings (SSSR count). The predicted molar refractivity (Wildman–Crippen MR) is 72.8 cm³/mol. The van der Waals surface area contributed by atoms with Gasteiger partial charge in [-0.05, 0) is 37.3 Å². The van der Waals surface area contributed by atoms with Crippen LogP contribution in [0.4, 0.5) is 0 Å². The normalized spacial score (nSPS) is 20.0. The topological polar surface area (TPSA) is 50.9 Å². The van der Waals surface area contributed by atoms with Crippen LogP contribution in [0.1, 0.15) is 48.6 Å². The molecule has 0 spiro atoms. The molecule has 1 heterocycles. The van der Waals surface area contributed by atoms with E-state index in [0.29, 0.717) is 11.6 Å². The Kier molecular flexibility index (Phi) is 3.34. The first-order valence-electron chi connectivity index (χ1n) is 6.90. The van der Waals surface area contributed by atoms with Crippen LogP contribution in [0.15, 0.2) is 30.5 Å². The number of aryl methyl sites for hydroxylation is 1. The second-order valence-electron chi connectivity index (χ2n) is 5.33. The van der Waals surface area contributed by atoms with E-state index < -0.39 is 6.10 Å². The van der Waals surface area contributed by atoms with E-state index in [2.05, 4.69) is 34.6 Å². The fourth-order valence-corrected chi connectivity index (χ4v) is 2.86. The van der Waals surface area contributed by atoms with Gasteiger partial charge in [-0.15, -0.1) is 5.10 Å². The summed E-state index contributed by atoms with van der Waals surface area (Å²) in [5.74, 6) is 0.508. The third kappa shape index (κ3) is 2.54. The van der Waals surface area contributed by atoms with Crippen molar-refractivity contribution in [1.29, 1.82) is 0 Å². The highest BCUT2D eigenvalue weighted by Gasteiger charge is 2.20. The van der Waals surface area contributed by atoms with Crippen molar-refractivity contribution in [2.75, 3.05) is 0 Å². The largest absolute Gasteiger partial charge is 0.387 e. The van der Waals surface area contributed by atoms with Gasteiger partial charge in [0.1, 0.15) is 5.69 Å². The maximum absolute atomic E-state index is 9.48. The second kappa shape index (κ2) is 5.13. The van der Waals surface area contributed by atoms with Crippen LogP contribution in [0.5, 0.6) is 0 Å². The van der Waals surface area contributed by atoms with Crippen LogP contribution < -0.4 is 0 Å². The first-order valence-corrected chi connectivity index (χ1v) is 6.90. The van der Waals surface area contributed by atoms with Crippen LogP contribution in [-0.2, 0) is 13.0 Å². The van der Waals surface area contributed by atoms with E-state index in [0.717, 1.165) is 6.54 Å². The predicted octanol–water partition coefficient (Wildman–Crippen LogP) is 2.45. The Hall–Kier alpha value is -1.68. The molecule has 0 aliphatic heterocycles. The van der Waals surface area contributed by atoms with Crippen molar-refractivity contribution < 1.29 is 5.11 Å². The molecule has 100 valence electrons.